The summed E-state index contributed by atoms with van der Waals surface area (Å²) in [6.45, 7) is 5.02. The van der Waals surface area contributed by atoms with Crippen LogP contribution in [0.5, 0.6) is 0 Å². The minimum absolute atomic E-state index is 0.294. The van der Waals surface area contributed by atoms with Gasteiger partial charge in [0.1, 0.15) is 17.0 Å². The minimum Gasteiger partial charge on any atom is -0.388 e. The second-order valence-electron chi connectivity index (χ2n) is 8.82. The molecule has 0 unspecified atom stereocenters. The summed E-state index contributed by atoms with van der Waals surface area (Å²) in [4.78, 5) is 11.3. The molecule has 5 aromatic rings. The van der Waals surface area contributed by atoms with Gasteiger partial charge in [0.25, 0.3) is 0 Å². The third-order valence-electron chi connectivity index (χ3n) is 5.95. The molecule has 0 saturated heterocycles. The van der Waals surface area contributed by atoms with E-state index in [2.05, 4.69) is 113 Å². The van der Waals surface area contributed by atoms with Crippen LogP contribution in [0.25, 0.3) is 32.1 Å². The molecule has 0 atom stereocenters. The normalized spacial score (nSPS) is 11.0. The van der Waals surface area contributed by atoms with E-state index in [4.69, 9.17) is 0 Å². The van der Waals surface area contributed by atoms with Gasteiger partial charge in [-0.05, 0) is 46.5 Å². The summed E-state index contributed by atoms with van der Waals surface area (Å²) < 4.78 is 0. The third-order valence-corrected chi connectivity index (χ3v) is 6.96. The van der Waals surface area contributed by atoms with Crippen LogP contribution in [0, 0.1) is 17.8 Å². The Morgan fingerprint density at radius 1 is 0.943 bits per heavy atom. The lowest BCUT2D eigenvalue weighted by molar-refractivity contribution is 0.867. The van der Waals surface area contributed by atoms with E-state index < -0.39 is 0 Å². The van der Waals surface area contributed by atoms with Crippen LogP contribution in [0.4, 0.5) is 11.5 Å². The molecule has 0 aliphatic heterocycles. The Kier molecular flexibility index (Phi) is 6.65. The van der Waals surface area contributed by atoms with E-state index in [0.717, 1.165) is 50.7 Å². The molecule has 2 aromatic heterocycles. The van der Waals surface area contributed by atoms with Gasteiger partial charge >= 0.3 is 0 Å². The molecule has 0 radical (unpaired) electrons. The number of anilines is 2. The number of hydrogen-bond acceptors (Lipinski definition) is 5. The van der Waals surface area contributed by atoms with Gasteiger partial charge in [0.05, 0.1) is 10.3 Å². The molecule has 3 aromatic carbocycles. The number of nitrogens with one attached hydrogen (secondary N) is 2. The Morgan fingerprint density at radius 3 is 2.51 bits per heavy atom. The van der Waals surface area contributed by atoms with E-state index in [1.165, 1.54) is 16.3 Å². The molecule has 4 nitrogen and oxygen atoms in total. The molecule has 2 N–H and O–H groups in total. The Hall–Kier alpha value is -3.88. The molecule has 0 spiro atoms. The van der Waals surface area contributed by atoms with Crippen molar-refractivity contribution in [1.82, 2.24) is 9.97 Å². The van der Waals surface area contributed by atoms with Crippen LogP contribution in [0.2, 0.25) is 0 Å². The van der Waals surface area contributed by atoms with E-state index in [1.807, 2.05) is 7.05 Å². The fourth-order valence-corrected chi connectivity index (χ4v) is 5.17. The van der Waals surface area contributed by atoms with Crippen LogP contribution >= 0.6 is 11.3 Å². The molecular formula is C30H28N4S. The number of nitrogens with zero attached hydrogens (tertiary/aromatic N) is 2. The van der Waals surface area contributed by atoms with Crippen molar-refractivity contribution in [1.29, 1.82) is 0 Å². The van der Waals surface area contributed by atoms with Crippen LogP contribution in [0.1, 0.15) is 24.3 Å². The highest BCUT2D eigenvalue weighted by molar-refractivity contribution is 7.19. The number of thiophene rings is 1. The van der Waals surface area contributed by atoms with Gasteiger partial charge in [-0.15, -0.1) is 11.3 Å². The van der Waals surface area contributed by atoms with E-state index >= 15 is 0 Å². The minimum atomic E-state index is 0.294. The maximum absolute atomic E-state index is 4.65. The highest BCUT2D eigenvalue weighted by Crippen LogP contribution is 2.41. The Labute approximate surface area is 210 Å². The Morgan fingerprint density at radius 2 is 1.74 bits per heavy atom. The molecular weight excluding hydrogens is 448 g/mol. The molecule has 5 heteroatoms. The fraction of sp³-hybridized carbons (Fsp3) is 0.200. The summed E-state index contributed by atoms with van der Waals surface area (Å²) in [7, 11) is 1.94. The van der Waals surface area contributed by atoms with Crippen molar-refractivity contribution in [3.63, 3.8) is 0 Å². The molecule has 35 heavy (non-hydrogen) atoms. The predicted molar refractivity (Wildman–Crippen MR) is 150 cm³/mol. The Bertz CT molecular complexity index is 1540. The van der Waals surface area contributed by atoms with Crippen LogP contribution < -0.4 is 10.6 Å². The van der Waals surface area contributed by atoms with Crippen molar-refractivity contribution >= 4 is 43.8 Å². The van der Waals surface area contributed by atoms with Crippen molar-refractivity contribution in [2.24, 2.45) is 5.92 Å². The summed E-state index contributed by atoms with van der Waals surface area (Å²) >= 11 is 1.64. The van der Waals surface area contributed by atoms with Gasteiger partial charge in [0, 0.05) is 30.8 Å². The SMILES string of the molecule is CNc1ccc(CCNc2ncnc3sc(C#CC(C)C)c(-c4ccc5ccccc5c4)c23)cc1. The van der Waals surface area contributed by atoms with Crippen LogP contribution in [0.15, 0.2) is 73.1 Å². The molecule has 0 aliphatic carbocycles. The van der Waals surface area contributed by atoms with Gasteiger partial charge in [-0.25, -0.2) is 9.97 Å². The molecule has 0 aliphatic rings. The highest BCUT2D eigenvalue weighted by atomic mass is 32.1. The zero-order valence-corrected chi connectivity index (χ0v) is 21.0. The lowest BCUT2D eigenvalue weighted by Gasteiger charge is -2.10. The lowest BCUT2D eigenvalue weighted by Crippen LogP contribution is -2.07. The van der Waals surface area contributed by atoms with Crippen LogP contribution in [-0.4, -0.2) is 23.6 Å². The molecule has 0 saturated carbocycles. The number of hydrogen-bond donors (Lipinski definition) is 2. The van der Waals surface area contributed by atoms with Crippen molar-refractivity contribution in [3.8, 4) is 23.0 Å². The first-order chi connectivity index (χ1) is 17.1. The summed E-state index contributed by atoms with van der Waals surface area (Å²) in [6.07, 6.45) is 2.55. The first kappa shape index (κ1) is 22.9. The average Bonchev–Trinajstić information content (AvgIpc) is 3.27. The monoisotopic (exact) mass is 476 g/mol. The first-order valence-corrected chi connectivity index (χ1v) is 12.7. The van der Waals surface area contributed by atoms with Crippen molar-refractivity contribution < 1.29 is 0 Å². The average molecular weight is 477 g/mol. The smallest absolute Gasteiger partial charge is 0.138 e. The largest absolute Gasteiger partial charge is 0.388 e. The lowest BCUT2D eigenvalue weighted by atomic mass is 9.99. The maximum Gasteiger partial charge on any atom is 0.138 e. The van der Waals surface area contributed by atoms with Gasteiger partial charge in [-0.2, -0.15) is 0 Å². The summed E-state index contributed by atoms with van der Waals surface area (Å²) in [5.41, 5.74) is 4.66. The van der Waals surface area contributed by atoms with E-state index in [-0.39, 0.29) is 0 Å². The van der Waals surface area contributed by atoms with Gasteiger partial charge in [0.2, 0.25) is 0 Å². The quantitative estimate of drug-likeness (QED) is 0.254. The highest BCUT2D eigenvalue weighted by Gasteiger charge is 2.18. The maximum atomic E-state index is 4.65. The second-order valence-corrected chi connectivity index (χ2v) is 9.82. The van der Waals surface area contributed by atoms with Crippen molar-refractivity contribution in [2.45, 2.75) is 20.3 Å². The van der Waals surface area contributed by atoms with Gasteiger partial charge in [-0.3, -0.25) is 0 Å². The molecule has 0 amide bonds. The zero-order chi connectivity index (χ0) is 24.2. The van der Waals surface area contributed by atoms with Crippen LogP contribution in [0.3, 0.4) is 0 Å². The fourth-order valence-electron chi connectivity index (χ4n) is 4.15. The summed E-state index contributed by atoms with van der Waals surface area (Å²) in [6, 6.07) is 23.6. The Balaban J connectivity index is 1.55. The van der Waals surface area contributed by atoms with E-state index in [0.29, 0.717) is 5.92 Å². The second kappa shape index (κ2) is 10.2. The standard InChI is InChI=1S/C30H28N4S/c1-20(2)8-15-26-27(24-12-11-22-6-4-5-7-23(22)18-24)28-29(33-19-34-30(28)35-26)32-17-16-21-9-13-25(31-3)14-10-21/h4-7,9-14,18-20,31H,16-17H2,1-3H3,(H,32,33,34). The van der Waals surface area contributed by atoms with Gasteiger partial charge < -0.3 is 10.6 Å². The number of benzene rings is 3. The third kappa shape index (κ3) is 4.99. The van der Waals surface area contributed by atoms with Crippen LogP contribution in [-0.2, 0) is 6.42 Å². The number of rotatable bonds is 6. The van der Waals surface area contributed by atoms with Gasteiger partial charge in [-0.1, -0.05) is 74.2 Å². The van der Waals surface area contributed by atoms with Crippen molar-refractivity contribution in [2.75, 3.05) is 24.2 Å². The predicted octanol–water partition coefficient (Wildman–Crippen LogP) is 7.22. The summed E-state index contributed by atoms with van der Waals surface area (Å²) in [5, 5.41) is 10.2. The molecule has 0 fully saturated rings. The summed E-state index contributed by atoms with van der Waals surface area (Å²) in [5.74, 6) is 7.94. The zero-order valence-electron chi connectivity index (χ0n) is 20.2. The number of fused-ring (bicyclic) bond motifs is 2. The van der Waals surface area contributed by atoms with E-state index in [9.17, 15) is 0 Å². The van der Waals surface area contributed by atoms with E-state index in [1.54, 1.807) is 17.7 Å². The van der Waals surface area contributed by atoms with Gasteiger partial charge in [0.15, 0.2) is 0 Å². The van der Waals surface area contributed by atoms with Crippen molar-refractivity contribution in [3.05, 3.63) is 83.5 Å². The molecule has 174 valence electrons. The topological polar surface area (TPSA) is 49.8 Å². The first-order valence-electron chi connectivity index (χ1n) is 11.9. The molecule has 5 rings (SSSR count). The number of aromatic nitrogens is 2. The molecule has 2 heterocycles. The molecule has 0 bridgehead atoms.